The molecule has 0 bridgehead atoms. The molecule has 0 spiro atoms. The summed E-state index contributed by atoms with van der Waals surface area (Å²) < 4.78 is 0. The minimum atomic E-state index is -0.497. The maximum absolute atomic E-state index is 4.87. The van der Waals surface area contributed by atoms with Crippen LogP contribution in [0, 0.1) is 11.8 Å². The predicted molar refractivity (Wildman–Crippen MR) is 213 cm³/mol. The second-order valence-electron chi connectivity index (χ2n) is 13.9. The lowest BCUT2D eigenvalue weighted by molar-refractivity contribution is 0.554. The number of fused-ring (bicyclic) bond motifs is 4. The van der Waals surface area contributed by atoms with E-state index in [0.29, 0.717) is 0 Å². The third-order valence-electron chi connectivity index (χ3n) is 11.0. The lowest BCUT2D eigenvalue weighted by Crippen LogP contribution is -2.35. The van der Waals surface area contributed by atoms with Crippen molar-refractivity contribution < 1.29 is 0 Å². The smallest absolute Gasteiger partial charge is 0.0717 e. The molecule has 0 aliphatic heterocycles. The van der Waals surface area contributed by atoms with E-state index >= 15 is 0 Å². The van der Waals surface area contributed by atoms with Crippen LogP contribution >= 0.6 is 0 Å². The van der Waals surface area contributed by atoms with Crippen molar-refractivity contribution in [3.63, 3.8) is 0 Å². The molecule has 4 aromatic heterocycles. The maximum Gasteiger partial charge on any atom is 0.0717 e. The Morgan fingerprint density at radius 1 is 0.491 bits per heavy atom. The first-order chi connectivity index (χ1) is 26.3. The van der Waals surface area contributed by atoms with Gasteiger partial charge < -0.3 is 0 Å². The molecule has 0 N–H and O–H groups in total. The molecule has 4 nitrogen and oxygen atoms in total. The zero-order chi connectivity index (χ0) is 35.2. The summed E-state index contributed by atoms with van der Waals surface area (Å²) in [6.07, 6.45) is 23.2. The fourth-order valence-electron chi connectivity index (χ4n) is 8.60. The van der Waals surface area contributed by atoms with Crippen LogP contribution in [0.25, 0.3) is 44.8 Å². The van der Waals surface area contributed by atoms with Gasteiger partial charge in [0.05, 0.1) is 16.8 Å². The molecule has 3 aliphatic rings. The molecule has 0 amide bonds. The van der Waals surface area contributed by atoms with Crippen molar-refractivity contribution in [2.24, 2.45) is 11.8 Å². The average Bonchev–Trinajstić information content (AvgIpc) is 3.56. The molecule has 2 unspecified atom stereocenters. The molecule has 4 heteroatoms. The summed E-state index contributed by atoms with van der Waals surface area (Å²) >= 11 is 0. The van der Waals surface area contributed by atoms with Crippen LogP contribution in [0.15, 0.2) is 201 Å². The van der Waals surface area contributed by atoms with Gasteiger partial charge in [0.1, 0.15) is 0 Å². The average molecular weight is 679 g/mol. The molecule has 10 rings (SSSR count). The van der Waals surface area contributed by atoms with Crippen molar-refractivity contribution in [2.45, 2.75) is 5.41 Å². The van der Waals surface area contributed by atoms with Gasteiger partial charge in [0.2, 0.25) is 0 Å². The van der Waals surface area contributed by atoms with Gasteiger partial charge in [0, 0.05) is 65.7 Å². The first kappa shape index (κ1) is 31.0. The van der Waals surface area contributed by atoms with E-state index in [0.717, 1.165) is 39.2 Å². The van der Waals surface area contributed by atoms with Crippen molar-refractivity contribution >= 4 is 11.1 Å². The van der Waals surface area contributed by atoms with Crippen molar-refractivity contribution in [2.75, 3.05) is 0 Å². The number of rotatable bonds is 6. The quantitative estimate of drug-likeness (QED) is 0.176. The van der Waals surface area contributed by atoms with E-state index in [1.54, 1.807) is 12.4 Å². The van der Waals surface area contributed by atoms with Gasteiger partial charge in [-0.25, -0.2) is 0 Å². The zero-order valence-corrected chi connectivity index (χ0v) is 28.9. The van der Waals surface area contributed by atoms with E-state index in [2.05, 4.69) is 143 Å². The van der Waals surface area contributed by atoms with Gasteiger partial charge in [-0.2, -0.15) is 0 Å². The van der Waals surface area contributed by atoms with Gasteiger partial charge in [-0.3, -0.25) is 19.9 Å². The molecule has 53 heavy (non-hydrogen) atoms. The molecule has 250 valence electrons. The summed E-state index contributed by atoms with van der Waals surface area (Å²) in [7, 11) is 0. The Labute approximate surface area is 309 Å². The molecule has 0 saturated heterocycles. The standard InChI is InChI=1S/C49H34N4/c1-3-11-40(12-4-1)49(41-13-5-2-6-14-41)45-28-34(37-19-24-47(53-32-37)39-10-8-26-51-30-39)16-21-43(45)44-22-17-35-27-33(15-20-42(35)48(44)49)36-18-23-46(52-31-36)38-9-7-25-50-29-38/h1-32,35,42H. The number of hydrogen-bond acceptors (Lipinski definition) is 4. The highest BCUT2D eigenvalue weighted by Crippen LogP contribution is 2.61. The highest BCUT2D eigenvalue weighted by atomic mass is 14.7. The fraction of sp³-hybridized carbons (Fsp3) is 0.0612. The summed E-state index contributed by atoms with van der Waals surface area (Å²) in [5.74, 6) is 0.356. The number of nitrogens with zero attached hydrogens (tertiary/aromatic N) is 4. The summed E-state index contributed by atoms with van der Waals surface area (Å²) in [5.41, 5.74) is 15.8. The Kier molecular flexibility index (Phi) is 7.47. The lowest BCUT2D eigenvalue weighted by Gasteiger charge is -2.41. The first-order valence-corrected chi connectivity index (χ1v) is 18.1. The molecule has 2 atom stereocenters. The third kappa shape index (κ3) is 5.14. The van der Waals surface area contributed by atoms with Gasteiger partial charge in [-0.15, -0.1) is 0 Å². The van der Waals surface area contributed by atoms with Crippen molar-refractivity contribution in [1.29, 1.82) is 0 Å². The predicted octanol–water partition coefficient (Wildman–Crippen LogP) is 10.8. The maximum atomic E-state index is 4.87. The van der Waals surface area contributed by atoms with E-state index in [9.17, 15) is 0 Å². The van der Waals surface area contributed by atoms with Gasteiger partial charge in [0.25, 0.3) is 0 Å². The van der Waals surface area contributed by atoms with Crippen LogP contribution in [-0.4, -0.2) is 19.9 Å². The number of aromatic nitrogens is 4. The topological polar surface area (TPSA) is 51.6 Å². The van der Waals surface area contributed by atoms with Gasteiger partial charge in [-0.1, -0.05) is 115 Å². The van der Waals surface area contributed by atoms with Crippen LogP contribution in [0.2, 0.25) is 0 Å². The Hall–Kier alpha value is -6.78. The Morgan fingerprint density at radius 3 is 1.70 bits per heavy atom. The van der Waals surface area contributed by atoms with Crippen molar-refractivity contribution in [3.8, 4) is 33.6 Å². The zero-order valence-electron chi connectivity index (χ0n) is 28.9. The second-order valence-corrected chi connectivity index (χ2v) is 13.9. The Balaban J connectivity index is 1.09. The van der Waals surface area contributed by atoms with Crippen LogP contribution in [0.3, 0.4) is 0 Å². The molecule has 3 aromatic carbocycles. The summed E-state index contributed by atoms with van der Waals surface area (Å²) in [5, 5.41) is 0. The van der Waals surface area contributed by atoms with Crippen molar-refractivity contribution in [3.05, 3.63) is 228 Å². The summed E-state index contributed by atoms with van der Waals surface area (Å²) in [4.78, 5) is 18.2. The van der Waals surface area contributed by atoms with Gasteiger partial charge in [-0.05, 0) is 92.6 Å². The Morgan fingerprint density at radius 2 is 1.11 bits per heavy atom. The lowest BCUT2D eigenvalue weighted by atomic mass is 9.60. The molecular weight excluding hydrogens is 645 g/mol. The van der Waals surface area contributed by atoms with E-state index < -0.39 is 5.41 Å². The van der Waals surface area contributed by atoms with E-state index in [1.807, 2.05) is 49.1 Å². The van der Waals surface area contributed by atoms with E-state index in [1.165, 1.54) is 39.0 Å². The minimum Gasteiger partial charge on any atom is -0.264 e. The van der Waals surface area contributed by atoms with Crippen molar-refractivity contribution in [1.82, 2.24) is 19.9 Å². The van der Waals surface area contributed by atoms with E-state index in [-0.39, 0.29) is 11.8 Å². The van der Waals surface area contributed by atoms with Crippen LogP contribution in [0.1, 0.15) is 27.8 Å². The molecule has 0 saturated carbocycles. The second kappa shape index (κ2) is 12.8. The largest absolute Gasteiger partial charge is 0.264 e. The molecule has 4 heterocycles. The SMILES string of the molecule is C1=CC2C3=C(C=CC2C=C1c1ccc(-c2cccnc2)nc1)c1ccc(-c2ccc(-c4cccnc4)nc2)cc1C3(c1ccccc1)c1ccccc1. The number of pyridine rings is 4. The number of allylic oxidation sites excluding steroid dienone is 8. The van der Waals surface area contributed by atoms with Gasteiger partial charge >= 0.3 is 0 Å². The normalized spacial score (nSPS) is 17.8. The molecular formula is C49H34N4. The van der Waals surface area contributed by atoms with E-state index in [4.69, 9.17) is 9.97 Å². The summed E-state index contributed by atoms with van der Waals surface area (Å²) in [6, 6.07) is 45.7. The molecule has 3 aliphatic carbocycles. The van der Waals surface area contributed by atoms with Crippen LogP contribution in [0.4, 0.5) is 0 Å². The van der Waals surface area contributed by atoms with Crippen LogP contribution < -0.4 is 0 Å². The van der Waals surface area contributed by atoms with Gasteiger partial charge in [0.15, 0.2) is 0 Å². The minimum absolute atomic E-state index is 0.165. The Bertz CT molecular complexity index is 2530. The molecule has 7 aromatic rings. The number of benzene rings is 3. The highest BCUT2D eigenvalue weighted by Gasteiger charge is 2.51. The van der Waals surface area contributed by atoms with Crippen LogP contribution in [0.5, 0.6) is 0 Å². The fourth-order valence-corrected chi connectivity index (χ4v) is 8.60. The summed E-state index contributed by atoms with van der Waals surface area (Å²) in [6.45, 7) is 0. The third-order valence-corrected chi connectivity index (χ3v) is 11.0. The molecule has 0 fully saturated rings. The molecule has 0 radical (unpaired) electrons. The first-order valence-electron chi connectivity index (χ1n) is 18.1. The monoisotopic (exact) mass is 678 g/mol. The number of hydrogen-bond donors (Lipinski definition) is 0. The van der Waals surface area contributed by atoms with Crippen LogP contribution in [-0.2, 0) is 5.41 Å². The highest BCUT2D eigenvalue weighted by molar-refractivity contribution is 5.93.